The Bertz CT molecular complexity index is 732. The first kappa shape index (κ1) is 9.78. The molecule has 3 nitrogen and oxygen atoms in total. The number of phenols is 3. The molecule has 0 saturated heterocycles. The molecule has 0 bridgehead atoms. The van der Waals surface area contributed by atoms with E-state index in [9.17, 15) is 15.3 Å². The number of fused-ring (bicyclic) bond motifs is 3. The van der Waals surface area contributed by atoms with E-state index in [-0.39, 0.29) is 17.2 Å². The minimum absolute atomic E-state index is 0.0462. The van der Waals surface area contributed by atoms with E-state index in [1.807, 2.05) is 0 Å². The molecule has 0 aromatic heterocycles. The van der Waals surface area contributed by atoms with Crippen LogP contribution in [0.1, 0.15) is 0 Å². The third kappa shape index (κ3) is 1.29. The van der Waals surface area contributed by atoms with Gasteiger partial charge in [-0.2, -0.15) is 0 Å². The second kappa shape index (κ2) is 3.28. The summed E-state index contributed by atoms with van der Waals surface area (Å²) in [4.78, 5) is 0. The van der Waals surface area contributed by atoms with Crippen LogP contribution >= 0.6 is 0 Å². The van der Waals surface area contributed by atoms with Gasteiger partial charge in [0.15, 0.2) is 0 Å². The van der Waals surface area contributed by atoms with Crippen molar-refractivity contribution < 1.29 is 15.3 Å². The van der Waals surface area contributed by atoms with Crippen molar-refractivity contribution in [2.24, 2.45) is 0 Å². The molecule has 0 saturated carbocycles. The van der Waals surface area contributed by atoms with E-state index in [0.717, 1.165) is 0 Å². The predicted molar refractivity (Wildman–Crippen MR) is 66.4 cm³/mol. The maximum atomic E-state index is 9.90. The average Bonchev–Trinajstić information content (AvgIpc) is 2.30. The highest BCUT2D eigenvalue weighted by Gasteiger charge is 2.11. The van der Waals surface area contributed by atoms with Gasteiger partial charge in [-0.3, -0.25) is 0 Å². The largest absolute Gasteiger partial charge is 0.507 e. The van der Waals surface area contributed by atoms with Crippen molar-refractivity contribution in [1.82, 2.24) is 0 Å². The molecule has 0 amide bonds. The fraction of sp³-hybridized carbons (Fsp3) is 0. The fourth-order valence-corrected chi connectivity index (χ4v) is 2.19. The van der Waals surface area contributed by atoms with Crippen LogP contribution in [0.3, 0.4) is 0 Å². The molecule has 3 aromatic rings. The lowest BCUT2D eigenvalue weighted by molar-refractivity contribution is 0.473. The normalized spacial score (nSPS) is 11.1. The molecule has 84 valence electrons. The van der Waals surface area contributed by atoms with Crippen LogP contribution in [0.15, 0.2) is 42.5 Å². The van der Waals surface area contributed by atoms with E-state index in [1.165, 1.54) is 6.07 Å². The van der Waals surface area contributed by atoms with Crippen molar-refractivity contribution in [3.05, 3.63) is 42.5 Å². The average molecular weight is 226 g/mol. The van der Waals surface area contributed by atoms with Gasteiger partial charge in [0.1, 0.15) is 17.2 Å². The third-order valence-corrected chi connectivity index (χ3v) is 2.94. The molecule has 0 atom stereocenters. The Hall–Kier alpha value is -2.42. The highest BCUT2D eigenvalue weighted by atomic mass is 16.3. The number of aromatic hydroxyl groups is 3. The molecule has 0 aliphatic carbocycles. The Morgan fingerprint density at radius 1 is 0.647 bits per heavy atom. The van der Waals surface area contributed by atoms with E-state index in [2.05, 4.69) is 0 Å². The third-order valence-electron chi connectivity index (χ3n) is 2.94. The Kier molecular flexibility index (Phi) is 1.89. The number of hydrogen-bond acceptors (Lipinski definition) is 3. The first-order valence-electron chi connectivity index (χ1n) is 5.24. The molecular weight excluding hydrogens is 216 g/mol. The molecule has 0 aliphatic rings. The minimum atomic E-state index is 0.0462. The number of hydrogen-bond donors (Lipinski definition) is 3. The monoisotopic (exact) mass is 226 g/mol. The van der Waals surface area contributed by atoms with Gasteiger partial charge in [-0.15, -0.1) is 0 Å². The number of benzene rings is 3. The lowest BCUT2D eigenvalue weighted by Gasteiger charge is -2.09. The molecule has 3 rings (SSSR count). The van der Waals surface area contributed by atoms with Gasteiger partial charge in [0.25, 0.3) is 0 Å². The Labute approximate surface area is 97.2 Å². The van der Waals surface area contributed by atoms with Crippen LogP contribution < -0.4 is 0 Å². The molecule has 0 aliphatic heterocycles. The van der Waals surface area contributed by atoms with E-state index >= 15 is 0 Å². The summed E-state index contributed by atoms with van der Waals surface area (Å²) in [7, 11) is 0. The molecule has 3 heteroatoms. The topological polar surface area (TPSA) is 60.7 Å². The molecule has 0 fully saturated rings. The maximum Gasteiger partial charge on any atom is 0.124 e. The quantitative estimate of drug-likeness (QED) is 0.516. The summed E-state index contributed by atoms with van der Waals surface area (Å²) in [6.45, 7) is 0. The van der Waals surface area contributed by atoms with Crippen LogP contribution in [0.4, 0.5) is 0 Å². The zero-order chi connectivity index (χ0) is 12.0. The molecule has 3 aromatic carbocycles. The Balaban J connectivity index is 2.70. The number of phenolic OH excluding ortho intramolecular Hbond substituents is 3. The van der Waals surface area contributed by atoms with E-state index < -0.39 is 0 Å². The summed E-state index contributed by atoms with van der Waals surface area (Å²) in [6, 6.07) is 11.5. The van der Waals surface area contributed by atoms with Gasteiger partial charge in [-0.1, -0.05) is 24.3 Å². The zero-order valence-electron chi connectivity index (χ0n) is 8.88. The van der Waals surface area contributed by atoms with Crippen molar-refractivity contribution in [2.75, 3.05) is 0 Å². The molecule has 3 N–H and O–H groups in total. The summed E-state index contributed by atoms with van der Waals surface area (Å²) in [5.41, 5.74) is 0. The zero-order valence-corrected chi connectivity index (χ0v) is 8.88. The molecule has 0 heterocycles. The summed E-state index contributed by atoms with van der Waals surface area (Å²) < 4.78 is 0. The van der Waals surface area contributed by atoms with Crippen LogP contribution in [0.2, 0.25) is 0 Å². The van der Waals surface area contributed by atoms with Crippen LogP contribution in [-0.2, 0) is 0 Å². The Morgan fingerprint density at radius 2 is 1.29 bits per heavy atom. The summed E-state index contributed by atoms with van der Waals surface area (Å²) in [6.07, 6.45) is 0. The first-order valence-corrected chi connectivity index (χ1v) is 5.24. The fourth-order valence-electron chi connectivity index (χ4n) is 2.19. The standard InChI is InChI=1S/C14H10O3/c15-10-5-1-3-8-7-12(17)9-4-2-6-11(16)14(9)13(8)10/h1-7,15-17H. The molecule has 0 unspecified atom stereocenters. The number of rotatable bonds is 0. The minimum Gasteiger partial charge on any atom is -0.507 e. The van der Waals surface area contributed by atoms with Crippen molar-refractivity contribution in [1.29, 1.82) is 0 Å². The predicted octanol–water partition coefficient (Wildman–Crippen LogP) is 3.11. The second-order valence-electron chi connectivity index (χ2n) is 3.97. The second-order valence-corrected chi connectivity index (χ2v) is 3.97. The van der Waals surface area contributed by atoms with Crippen molar-refractivity contribution >= 4 is 21.5 Å². The maximum absolute atomic E-state index is 9.90. The highest BCUT2D eigenvalue weighted by molar-refractivity contribution is 6.15. The van der Waals surface area contributed by atoms with Gasteiger partial charge in [-0.25, -0.2) is 0 Å². The lowest BCUT2D eigenvalue weighted by atomic mass is 9.99. The highest BCUT2D eigenvalue weighted by Crippen LogP contribution is 2.41. The summed E-state index contributed by atoms with van der Waals surface area (Å²) >= 11 is 0. The van der Waals surface area contributed by atoms with Crippen molar-refractivity contribution in [2.45, 2.75) is 0 Å². The Morgan fingerprint density at radius 3 is 2.06 bits per heavy atom. The summed E-state index contributed by atoms with van der Waals surface area (Å²) in [5.74, 6) is 0.230. The summed E-state index contributed by atoms with van der Waals surface area (Å²) in [5, 5.41) is 31.9. The molecule has 0 spiro atoms. The van der Waals surface area contributed by atoms with Crippen LogP contribution in [0, 0.1) is 0 Å². The smallest absolute Gasteiger partial charge is 0.124 e. The molecule has 0 radical (unpaired) electrons. The van der Waals surface area contributed by atoms with Crippen LogP contribution in [-0.4, -0.2) is 15.3 Å². The van der Waals surface area contributed by atoms with Gasteiger partial charge in [-0.05, 0) is 23.6 Å². The molecule has 17 heavy (non-hydrogen) atoms. The van der Waals surface area contributed by atoms with Crippen LogP contribution in [0.5, 0.6) is 17.2 Å². The van der Waals surface area contributed by atoms with Gasteiger partial charge in [0, 0.05) is 16.2 Å². The lowest BCUT2D eigenvalue weighted by Crippen LogP contribution is -1.81. The van der Waals surface area contributed by atoms with Gasteiger partial charge in [0.2, 0.25) is 0 Å². The van der Waals surface area contributed by atoms with Gasteiger partial charge in [0.05, 0.1) is 0 Å². The van der Waals surface area contributed by atoms with Gasteiger partial charge >= 0.3 is 0 Å². The van der Waals surface area contributed by atoms with E-state index in [1.54, 1.807) is 36.4 Å². The first-order chi connectivity index (χ1) is 8.18. The van der Waals surface area contributed by atoms with Crippen molar-refractivity contribution in [3.8, 4) is 17.2 Å². The molecular formula is C14H10O3. The van der Waals surface area contributed by atoms with Crippen LogP contribution in [0.25, 0.3) is 21.5 Å². The van der Waals surface area contributed by atoms with E-state index in [4.69, 9.17) is 0 Å². The SMILES string of the molecule is Oc1cc2cccc(O)c2c2c(O)cccc12. The van der Waals surface area contributed by atoms with E-state index in [0.29, 0.717) is 21.5 Å². The van der Waals surface area contributed by atoms with Crippen molar-refractivity contribution in [3.63, 3.8) is 0 Å². The van der Waals surface area contributed by atoms with Gasteiger partial charge < -0.3 is 15.3 Å².